The Morgan fingerprint density at radius 2 is 2.29 bits per heavy atom. The first-order chi connectivity index (χ1) is 6.63. The summed E-state index contributed by atoms with van der Waals surface area (Å²) in [4.78, 5) is 0. The normalized spacial score (nSPS) is 14.1. The second-order valence-electron chi connectivity index (χ2n) is 3.30. The smallest absolute Gasteiger partial charge is 0.0698 e. The highest BCUT2D eigenvalue weighted by molar-refractivity contribution is 9.10. The molecule has 0 bridgehead atoms. The molecule has 0 radical (unpaired) electrons. The summed E-state index contributed by atoms with van der Waals surface area (Å²) in [5.41, 5.74) is 2.35. The van der Waals surface area contributed by atoms with Crippen molar-refractivity contribution in [2.75, 3.05) is 0 Å². The zero-order chi connectivity index (χ0) is 10.6. The highest BCUT2D eigenvalue weighted by atomic mass is 79.9. The fourth-order valence-corrected chi connectivity index (χ4v) is 1.80. The van der Waals surface area contributed by atoms with Crippen LogP contribution in [0.4, 0.5) is 0 Å². The number of benzene rings is 1. The Morgan fingerprint density at radius 3 is 2.79 bits per heavy atom. The first-order valence-corrected chi connectivity index (χ1v) is 5.57. The molecule has 1 aromatic rings. The van der Waals surface area contributed by atoms with Gasteiger partial charge in [-0.1, -0.05) is 41.1 Å². The first-order valence-electron chi connectivity index (χ1n) is 4.78. The van der Waals surface area contributed by atoms with Crippen LogP contribution in [-0.4, -0.2) is 11.2 Å². The molecule has 0 aliphatic carbocycles. The summed E-state index contributed by atoms with van der Waals surface area (Å²) in [6.45, 7) is 3.86. The summed E-state index contributed by atoms with van der Waals surface area (Å²) < 4.78 is 1.07. The van der Waals surface area contributed by atoms with Crippen molar-refractivity contribution < 1.29 is 5.11 Å². The van der Waals surface area contributed by atoms with E-state index >= 15 is 0 Å². The molecule has 0 heterocycles. The quantitative estimate of drug-likeness (QED) is 0.874. The van der Waals surface area contributed by atoms with E-state index in [9.17, 15) is 5.11 Å². The Bertz CT molecular complexity index is 329. The van der Waals surface area contributed by atoms with E-state index in [0.717, 1.165) is 10.9 Å². The molecule has 1 N–H and O–H groups in total. The van der Waals surface area contributed by atoms with Crippen molar-refractivity contribution in [1.29, 1.82) is 0 Å². The lowest BCUT2D eigenvalue weighted by Crippen LogP contribution is -1.95. The van der Waals surface area contributed by atoms with E-state index in [-0.39, 0.29) is 6.10 Å². The fourth-order valence-electron chi connectivity index (χ4n) is 1.40. The van der Waals surface area contributed by atoms with Gasteiger partial charge in [0.15, 0.2) is 0 Å². The molecule has 76 valence electrons. The van der Waals surface area contributed by atoms with Crippen LogP contribution < -0.4 is 0 Å². The van der Waals surface area contributed by atoms with E-state index in [1.165, 1.54) is 11.1 Å². The molecule has 0 aromatic heterocycles. The van der Waals surface area contributed by atoms with E-state index in [2.05, 4.69) is 35.0 Å². The van der Waals surface area contributed by atoms with Gasteiger partial charge in [-0.25, -0.2) is 0 Å². The summed E-state index contributed by atoms with van der Waals surface area (Å²) >= 11 is 3.44. The van der Waals surface area contributed by atoms with Gasteiger partial charge in [0.2, 0.25) is 0 Å². The molecular weight excluding hydrogens is 240 g/mol. The first kappa shape index (κ1) is 11.5. The monoisotopic (exact) mass is 254 g/mol. The maximum atomic E-state index is 9.30. The van der Waals surface area contributed by atoms with Crippen molar-refractivity contribution in [3.63, 3.8) is 0 Å². The van der Waals surface area contributed by atoms with Crippen LogP contribution in [0, 0.1) is 0 Å². The Morgan fingerprint density at radius 1 is 1.57 bits per heavy atom. The van der Waals surface area contributed by atoms with Gasteiger partial charge < -0.3 is 5.11 Å². The number of hydrogen-bond acceptors (Lipinski definition) is 1. The second-order valence-corrected chi connectivity index (χ2v) is 4.21. The molecule has 2 heteroatoms. The van der Waals surface area contributed by atoms with E-state index in [1.807, 2.05) is 18.2 Å². The molecule has 1 rings (SSSR count). The predicted molar refractivity (Wildman–Crippen MR) is 64.1 cm³/mol. The predicted octanol–water partition coefficient (Wildman–Crippen LogP) is 3.62. The van der Waals surface area contributed by atoms with Crippen molar-refractivity contribution in [1.82, 2.24) is 0 Å². The van der Waals surface area contributed by atoms with E-state index in [4.69, 9.17) is 0 Å². The van der Waals surface area contributed by atoms with Crippen molar-refractivity contribution in [3.05, 3.63) is 40.4 Å². The number of allylic oxidation sites excluding steroid dienone is 1. The Balaban J connectivity index is 3.01. The van der Waals surface area contributed by atoms with Crippen LogP contribution >= 0.6 is 15.9 Å². The lowest BCUT2D eigenvalue weighted by Gasteiger charge is -2.07. The van der Waals surface area contributed by atoms with Gasteiger partial charge in [-0.2, -0.15) is 0 Å². The third-order valence-electron chi connectivity index (χ3n) is 2.02. The average Bonchev–Trinajstić information content (AvgIpc) is 2.14. The molecule has 1 aromatic carbocycles. The van der Waals surface area contributed by atoms with Crippen LogP contribution in [-0.2, 0) is 0 Å². The van der Waals surface area contributed by atoms with Gasteiger partial charge in [-0.15, -0.1) is 0 Å². The summed E-state index contributed by atoms with van der Waals surface area (Å²) in [5.74, 6) is 0. The molecular formula is C12H15BrO. The van der Waals surface area contributed by atoms with E-state index < -0.39 is 0 Å². The van der Waals surface area contributed by atoms with E-state index in [0.29, 0.717) is 0 Å². The van der Waals surface area contributed by atoms with E-state index in [1.54, 1.807) is 6.92 Å². The van der Waals surface area contributed by atoms with Gasteiger partial charge in [-0.05, 0) is 36.6 Å². The minimum Gasteiger partial charge on any atom is -0.389 e. The topological polar surface area (TPSA) is 20.2 Å². The zero-order valence-corrected chi connectivity index (χ0v) is 10.1. The molecule has 0 aliphatic rings. The van der Waals surface area contributed by atoms with Gasteiger partial charge in [0, 0.05) is 4.47 Å². The van der Waals surface area contributed by atoms with Crippen molar-refractivity contribution in [2.45, 2.75) is 26.4 Å². The third-order valence-corrected chi connectivity index (χ3v) is 2.51. The highest BCUT2D eigenvalue weighted by Crippen LogP contribution is 2.22. The molecule has 1 nitrogen and oxygen atoms in total. The summed E-state index contributed by atoms with van der Waals surface area (Å²) in [7, 11) is 0. The highest BCUT2D eigenvalue weighted by Gasteiger charge is 2.01. The number of hydrogen-bond donors (Lipinski definition) is 1. The van der Waals surface area contributed by atoms with Crippen molar-refractivity contribution >= 4 is 21.5 Å². The number of aliphatic hydroxyl groups excluding tert-OH is 1. The zero-order valence-electron chi connectivity index (χ0n) is 8.50. The summed E-state index contributed by atoms with van der Waals surface area (Å²) in [6.07, 6.45) is 2.44. The summed E-state index contributed by atoms with van der Waals surface area (Å²) in [5, 5.41) is 9.30. The summed E-state index contributed by atoms with van der Waals surface area (Å²) in [6, 6.07) is 8.13. The molecule has 0 aliphatic heterocycles. The average molecular weight is 255 g/mol. The molecule has 0 fully saturated rings. The van der Waals surface area contributed by atoms with Gasteiger partial charge in [0.1, 0.15) is 0 Å². The number of halogens is 1. The standard InChI is InChI=1S/C12H15BrO/c1-3-10(7-9(2)14)11-5-4-6-12(13)8-11/h4-9,14H,3H2,1-2H3/b10-7-. The van der Waals surface area contributed by atoms with Crippen LogP contribution in [0.15, 0.2) is 34.8 Å². The van der Waals surface area contributed by atoms with Gasteiger partial charge in [-0.3, -0.25) is 0 Å². The van der Waals surface area contributed by atoms with Crippen LogP contribution in [0.25, 0.3) is 5.57 Å². The van der Waals surface area contributed by atoms with Crippen molar-refractivity contribution in [2.24, 2.45) is 0 Å². The largest absolute Gasteiger partial charge is 0.389 e. The molecule has 0 saturated heterocycles. The van der Waals surface area contributed by atoms with Crippen LogP contribution in [0.3, 0.4) is 0 Å². The maximum Gasteiger partial charge on any atom is 0.0698 e. The third kappa shape index (κ3) is 3.28. The maximum absolute atomic E-state index is 9.30. The Labute approximate surface area is 93.6 Å². The second kappa shape index (κ2) is 5.32. The number of aliphatic hydroxyl groups is 1. The SMILES string of the molecule is CC/C(=C/C(C)O)c1cccc(Br)c1. The molecule has 0 spiro atoms. The van der Waals surface area contributed by atoms with Gasteiger partial charge in [0.05, 0.1) is 6.10 Å². The minimum atomic E-state index is -0.385. The molecule has 0 amide bonds. The lowest BCUT2D eigenvalue weighted by atomic mass is 10.0. The molecule has 1 atom stereocenters. The molecule has 14 heavy (non-hydrogen) atoms. The minimum absolute atomic E-state index is 0.385. The Kier molecular flexibility index (Phi) is 4.36. The fraction of sp³-hybridized carbons (Fsp3) is 0.333. The number of rotatable bonds is 3. The van der Waals surface area contributed by atoms with Gasteiger partial charge >= 0.3 is 0 Å². The van der Waals surface area contributed by atoms with Crippen LogP contribution in [0.1, 0.15) is 25.8 Å². The molecule has 0 saturated carbocycles. The van der Waals surface area contributed by atoms with Crippen LogP contribution in [0.2, 0.25) is 0 Å². The molecule has 1 unspecified atom stereocenters. The van der Waals surface area contributed by atoms with Gasteiger partial charge in [0.25, 0.3) is 0 Å². The Hall–Kier alpha value is -0.600. The van der Waals surface area contributed by atoms with Crippen molar-refractivity contribution in [3.8, 4) is 0 Å². The lowest BCUT2D eigenvalue weighted by molar-refractivity contribution is 0.244. The van der Waals surface area contributed by atoms with Crippen LogP contribution in [0.5, 0.6) is 0 Å².